The van der Waals surface area contributed by atoms with E-state index in [0.717, 1.165) is 0 Å². The fraction of sp³-hybridized carbons (Fsp3) is 0.200. The van der Waals surface area contributed by atoms with Crippen LogP contribution in [0.2, 0.25) is 0 Å². The lowest BCUT2D eigenvalue weighted by Gasteiger charge is -2.18. The van der Waals surface area contributed by atoms with Crippen LogP contribution in [0.4, 0.5) is 11.4 Å². The largest absolute Gasteiger partial charge is 0.378 e. The highest BCUT2D eigenvalue weighted by molar-refractivity contribution is 5.82. The molecule has 0 aromatic heterocycles. The molecule has 0 saturated carbocycles. The Morgan fingerprint density at radius 3 is 1.56 bits per heavy atom. The molecule has 3 aromatic carbocycles. The van der Waals surface area contributed by atoms with Crippen LogP contribution in [-0.2, 0) is 0 Å². The van der Waals surface area contributed by atoms with E-state index in [2.05, 4.69) is 124 Å². The molecule has 3 rings (SSSR count). The quantitative estimate of drug-likeness (QED) is 0.700. The summed E-state index contributed by atoms with van der Waals surface area (Å²) in [5, 5.41) is 2.47. The molecule has 0 aliphatic rings. The van der Waals surface area contributed by atoms with Crippen LogP contribution in [0.1, 0.15) is 18.1 Å². The van der Waals surface area contributed by atoms with Crippen LogP contribution in [0, 0.1) is 0 Å². The fourth-order valence-electron chi connectivity index (χ4n) is 3.22. The van der Waals surface area contributed by atoms with Gasteiger partial charge in [0.1, 0.15) is 0 Å². The van der Waals surface area contributed by atoms with Crippen molar-refractivity contribution in [2.75, 3.05) is 38.0 Å². The molecule has 0 unspecified atom stereocenters. The fourth-order valence-corrected chi connectivity index (χ4v) is 3.22. The summed E-state index contributed by atoms with van der Waals surface area (Å²) < 4.78 is 0. The maximum atomic E-state index is 2.26. The van der Waals surface area contributed by atoms with E-state index in [1.807, 2.05) is 0 Å². The third-order valence-corrected chi connectivity index (χ3v) is 4.84. The van der Waals surface area contributed by atoms with Gasteiger partial charge in [-0.3, -0.25) is 0 Å². The van der Waals surface area contributed by atoms with Crippen LogP contribution < -0.4 is 20.2 Å². The molecule has 3 aromatic rings. The van der Waals surface area contributed by atoms with Crippen LogP contribution in [0.15, 0.2) is 72.8 Å². The van der Waals surface area contributed by atoms with Crippen LogP contribution in [0.3, 0.4) is 0 Å². The smallest absolute Gasteiger partial charge is 0.0367 e. The molecular weight excluding hydrogens is 328 g/mol. The third kappa shape index (κ3) is 4.22. The van der Waals surface area contributed by atoms with Gasteiger partial charge in [-0.25, -0.2) is 0 Å². The van der Waals surface area contributed by atoms with Crippen LogP contribution in [0.5, 0.6) is 0 Å². The maximum Gasteiger partial charge on any atom is 0.0367 e. The Morgan fingerprint density at radius 1 is 0.667 bits per heavy atom. The van der Waals surface area contributed by atoms with Crippen molar-refractivity contribution in [3.8, 4) is 0 Å². The summed E-state index contributed by atoms with van der Waals surface area (Å²) >= 11 is 0. The SMILES string of the molecule is CC=c1ccc(=C(c2cccc(N(C)C)c2)c2cccc(N(C)C)c2)cc1. The number of hydrogen-bond donors (Lipinski definition) is 0. The second kappa shape index (κ2) is 8.13. The minimum atomic E-state index is 1.20. The van der Waals surface area contributed by atoms with Crippen molar-refractivity contribution in [2.45, 2.75) is 6.92 Å². The average Bonchev–Trinajstić information content (AvgIpc) is 2.69. The molecule has 0 saturated heterocycles. The van der Waals surface area contributed by atoms with Crippen LogP contribution in [0.25, 0.3) is 11.6 Å². The van der Waals surface area contributed by atoms with Crippen molar-refractivity contribution in [3.63, 3.8) is 0 Å². The lowest BCUT2D eigenvalue weighted by atomic mass is 9.94. The Kier molecular flexibility index (Phi) is 5.66. The Bertz CT molecular complexity index is 969. The normalized spacial score (nSPS) is 10.4. The highest BCUT2D eigenvalue weighted by atomic mass is 15.1. The molecule has 0 aliphatic carbocycles. The van der Waals surface area contributed by atoms with Gasteiger partial charge in [0.2, 0.25) is 0 Å². The lowest BCUT2D eigenvalue weighted by molar-refractivity contribution is 1.13. The third-order valence-electron chi connectivity index (χ3n) is 4.84. The van der Waals surface area contributed by atoms with Crippen molar-refractivity contribution < 1.29 is 0 Å². The standard InChI is InChI=1S/C25H28N2/c1-6-19-13-15-20(16-14-19)25(21-9-7-11-23(17-21)26(2)3)22-10-8-12-24(18-22)27(4)5/h6-18H,1-5H3. The number of benzene rings is 3. The number of anilines is 2. The minimum absolute atomic E-state index is 1.20. The van der Waals surface area contributed by atoms with Gasteiger partial charge >= 0.3 is 0 Å². The van der Waals surface area contributed by atoms with E-state index in [9.17, 15) is 0 Å². The molecule has 0 atom stereocenters. The van der Waals surface area contributed by atoms with E-state index >= 15 is 0 Å². The summed E-state index contributed by atoms with van der Waals surface area (Å²) in [6, 6.07) is 26.3. The van der Waals surface area contributed by atoms with Gasteiger partial charge < -0.3 is 9.80 Å². The van der Waals surface area contributed by atoms with Crippen molar-refractivity contribution in [1.29, 1.82) is 0 Å². The molecule has 0 amide bonds. The average molecular weight is 357 g/mol. The second-order valence-corrected chi connectivity index (χ2v) is 7.18. The molecule has 0 aliphatic heterocycles. The zero-order valence-electron chi connectivity index (χ0n) is 16.9. The highest BCUT2D eigenvalue weighted by Gasteiger charge is 2.09. The molecule has 0 heterocycles. The first-order chi connectivity index (χ1) is 13.0. The molecule has 0 fully saturated rings. The Balaban J connectivity index is 2.30. The monoisotopic (exact) mass is 356 g/mol. The number of nitrogens with zero attached hydrogens (tertiary/aromatic N) is 2. The summed E-state index contributed by atoms with van der Waals surface area (Å²) in [5.74, 6) is 0. The van der Waals surface area contributed by atoms with Gasteiger partial charge in [-0.1, -0.05) is 54.6 Å². The zero-order chi connectivity index (χ0) is 19.4. The van der Waals surface area contributed by atoms with Gasteiger partial charge in [0, 0.05) is 39.6 Å². The Morgan fingerprint density at radius 2 is 1.15 bits per heavy atom. The van der Waals surface area contributed by atoms with Crippen molar-refractivity contribution >= 4 is 23.0 Å². The molecular formula is C25H28N2. The van der Waals surface area contributed by atoms with Gasteiger partial charge in [-0.2, -0.15) is 0 Å². The lowest BCUT2D eigenvalue weighted by Crippen LogP contribution is -2.14. The van der Waals surface area contributed by atoms with Crippen molar-refractivity contribution in [2.24, 2.45) is 0 Å². The summed E-state index contributed by atoms with van der Waals surface area (Å²) in [5.41, 5.74) is 6.11. The topological polar surface area (TPSA) is 6.48 Å². The summed E-state index contributed by atoms with van der Waals surface area (Å²) in [7, 11) is 8.32. The van der Waals surface area contributed by atoms with Crippen molar-refractivity contribution in [1.82, 2.24) is 0 Å². The zero-order valence-corrected chi connectivity index (χ0v) is 16.9. The van der Waals surface area contributed by atoms with Gasteiger partial charge in [-0.15, -0.1) is 0 Å². The first kappa shape index (κ1) is 18.8. The van der Waals surface area contributed by atoms with E-state index < -0.39 is 0 Å². The molecule has 2 nitrogen and oxygen atoms in total. The van der Waals surface area contributed by atoms with Crippen molar-refractivity contribution in [3.05, 3.63) is 94.4 Å². The summed E-state index contributed by atoms with van der Waals surface area (Å²) in [4.78, 5) is 4.29. The van der Waals surface area contributed by atoms with E-state index in [4.69, 9.17) is 0 Å². The molecule has 138 valence electrons. The molecule has 0 spiro atoms. The highest BCUT2D eigenvalue weighted by Crippen LogP contribution is 2.26. The number of rotatable bonds is 4. The first-order valence-corrected chi connectivity index (χ1v) is 9.32. The maximum absolute atomic E-state index is 2.26. The van der Waals surface area contributed by atoms with Gasteiger partial charge in [0.15, 0.2) is 0 Å². The predicted molar refractivity (Wildman–Crippen MR) is 119 cm³/mol. The van der Waals surface area contributed by atoms with E-state index in [-0.39, 0.29) is 0 Å². The number of hydrogen-bond acceptors (Lipinski definition) is 2. The minimum Gasteiger partial charge on any atom is -0.378 e. The van der Waals surface area contributed by atoms with E-state index in [1.54, 1.807) is 0 Å². The molecule has 0 bridgehead atoms. The van der Waals surface area contributed by atoms with Gasteiger partial charge in [0.05, 0.1) is 0 Å². The summed E-state index contributed by atoms with van der Waals surface area (Å²) in [6.07, 6.45) is 2.13. The van der Waals surface area contributed by atoms with E-state index in [1.165, 1.54) is 38.5 Å². The molecule has 0 N–H and O–H groups in total. The Labute approximate surface area is 162 Å². The molecule has 2 heteroatoms. The van der Waals surface area contributed by atoms with Crippen LogP contribution in [-0.4, -0.2) is 28.2 Å². The van der Waals surface area contributed by atoms with E-state index in [0.29, 0.717) is 0 Å². The van der Waals surface area contributed by atoms with Crippen LogP contribution >= 0.6 is 0 Å². The second-order valence-electron chi connectivity index (χ2n) is 7.18. The Hall–Kier alpha value is -3.00. The molecule has 27 heavy (non-hydrogen) atoms. The predicted octanol–water partition coefficient (Wildman–Crippen LogP) is 3.87. The summed E-state index contributed by atoms with van der Waals surface area (Å²) in [6.45, 7) is 2.07. The first-order valence-electron chi connectivity index (χ1n) is 9.32. The van der Waals surface area contributed by atoms with Gasteiger partial charge in [-0.05, 0) is 58.3 Å². The van der Waals surface area contributed by atoms with Gasteiger partial charge in [0.25, 0.3) is 0 Å². The molecule has 0 radical (unpaired) electrons.